The maximum absolute atomic E-state index is 4.25. The standard InChI is InChI=1S/C10H13N.CH4/c1-10(2,3)8-4-5-11-9-6-7(8)9;/h4-5H,6H2,1-3H3;1H4. The second-order valence-corrected chi connectivity index (χ2v) is 4.21. The van der Waals surface area contributed by atoms with Crippen molar-refractivity contribution in [3.8, 4) is 0 Å². The van der Waals surface area contributed by atoms with E-state index in [4.69, 9.17) is 0 Å². The summed E-state index contributed by atoms with van der Waals surface area (Å²) in [6.45, 7) is 6.75. The molecule has 0 saturated heterocycles. The Hall–Kier alpha value is -0.850. The van der Waals surface area contributed by atoms with Crippen LogP contribution in [-0.2, 0) is 11.8 Å². The van der Waals surface area contributed by atoms with E-state index in [1.165, 1.54) is 16.8 Å². The van der Waals surface area contributed by atoms with Gasteiger partial charge >= 0.3 is 0 Å². The molecule has 0 aromatic carbocycles. The third kappa shape index (κ3) is 1.36. The van der Waals surface area contributed by atoms with Crippen LogP contribution in [0.15, 0.2) is 12.3 Å². The largest absolute Gasteiger partial charge is 0.261 e. The summed E-state index contributed by atoms with van der Waals surface area (Å²) in [5.74, 6) is 0. The van der Waals surface area contributed by atoms with E-state index in [2.05, 4.69) is 31.8 Å². The van der Waals surface area contributed by atoms with Gasteiger partial charge in [-0.25, -0.2) is 0 Å². The summed E-state index contributed by atoms with van der Waals surface area (Å²) < 4.78 is 0. The van der Waals surface area contributed by atoms with Crippen LogP contribution in [0.5, 0.6) is 0 Å². The van der Waals surface area contributed by atoms with E-state index < -0.39 is 0 Å². The molecule has 0 atom stereocenters. The smallest absolute Gasteiger partial charge is 0.0487 e. The van der Waals surface area contributed by atoms with Crippen LogP contribution in [0.4, 0.5) is 0 Å². The minimum absolute atomic E-state index is 0. The Morgan fingerprint density at radius 3 is 2.50 bits per heavy atom. The molecule has 0 spiro atoms. The van der Waals surface area contributed by atoms with Crippen molar-refractivity contribution in [2.75, 3.05) is 0 Å². The summed E-state index contributed by atoms with van der Waals surface area (Å²) in [6.07, 6.45) is 3.05. The van der Waals surface area contributed by atoms with Crippen molar-refractivity contribution >= 4 is 0 Å². The van der Waals surface area contributed by atoms with E-state index in [1.807, 2.05) is 6.20 Å². The predicted octanol–water partition coefficient (Wildman–Crippen LogP) is 2.92. The first kappa shape index (κ1) is 9.24. The van der Waals surface area contributed by atoms with Crippen LogP contribution in [-0.4, -0.2) is 4.98 Å². The average molecular weight is 163 g/mol. The normalized spacial score (nSPS) is 13.2. The number of rotatable bonds is 0. The maximum Gasteiger partial charge on any atom is 0.0487 e. The molecule has 1 nitrogen and oxygen atoms in total. The molecular formula is C11H17N. The minimum Gasteiger partial charge on any atom is -0.261 e. The monoisotopic (exact) mass is 163 g/mol. The lowest BCUT2D eigenvalue weighted by molar-refractivity contribution is 0.588. The molecule has 0 aliphatic heterocycles. The topological polar surface area (TPSA) is 12.9 Å². The molecule has 0 saturated carbocycles. The Labute approximate surface area is 74.8 Å². The van der Waals surface area contributed by atoms with E-state index in [0.29, 0.717) is 5.41 Å². The van der Waals surface area contributed by atoms with Crippen LogP contribution < -0.4 is 0 Å². The number of aromatic nitrogens is 1. The average Bonchev–Trinajstić information content (AvgIpc) is 2.60. The van der Waals surface area contributed by atoms with Crippen molar-refractivity contribution < 1.29 is 0 Å². The first-order chi connectivity index (χ1) is 5.09. The molecule has 0 N–H and O–H groups in total. The molecule has 66 valence electrons. The second kappa shape index (κ2) is 2.58. The van der Waals surface area contributed by atoms with Gasteiger partial charge in [0.1, 0.15) is 0 Å². The summed E-state index contributed by atoms with van der Waals surface area (Å²) in [4.78, 5) is 4.25. The van der Waals surface area contributed by atoms with Gasteiger partial charge in [-0.15, -0.1) is 0 Å². The molecule has 2 rings (SSSR count). The van der Waals surface area contributed by atoms with Gasteiger partial charge in [0.15, 0.2) is 0 Å². The molecule has 1 heteroatoms. The zero-order chi connectivity index (χ0) is 8.06. The first-order valence-corrected chi connectivity index (χ1v) is 4.06. The Bertz CT molecular complexity index is 294. The number of hydrogen-bond acceptors (Lipinski definition) is 1. The van der Waals surface area contributed by atoms with Gasteiger partial charge in [0, 0.05) is 18.3 Å². The summed E-state index contributed by atoms with van der Waals surface area (Å²) >= 11 is 0. The fourth-order valence-electron chi connectivity index (χ4n) is 1.50. The molecule has 0 bridgehead atoms. The highest BCUT2D eigenvalue weighted by Gasteiger charge is 2.28. The molecule has 0 amide bonds. The van der Waals surface area contributed by atoms with Crippen molar-refractivity contribution in [1.82, 2.24) is 4.98 Å². The Morgan fingerprint density at radius 2 is 2.00 bits per heavy atom. The summed E-state index contributed by atoms with van der Waals surface area (Å²) in [5.41, 5.74) is 4.56. The van der Waals surface area contributed by atoms with Crippen molar-refractivity contribution in [2.24, 2.45) is 0 Å². The van der Waals surface area contributed by atoms with Crippen LogP contribution >= 0.6 is 0 Å². The highest BCUT2D eigenvalue weighted by Crippen LogP contribution is 2.35. The zero-order valence-corrected chi connectivity index (χ0v) is 7.31. The number of hydrogen-bond donors (Lipinski definition) is 0. The third-order valence-corrected chi connectivity index (χ3v) is 2.17. The highest BCUT2D eigenvalue weighted by atomic mass is 14.7. The van der Waals surface area contributed by atoms with E-state index in [9.17, 15) is 0 Å². The van der Waals surface area contributed by atoms with Gasteiger partial charge in [-0.3, -0.25) is 4.98 Å². The van der Waals surface area contributed by atoms with Gasteiger partial charge in [0.25, 0.3) is 0 Å². The van der Waals surface area contributed by atoms with E-state index in [1.54, 1.807) is 0 Å². The Morgan fingerprint density at radius 1 is 1.33 bits per heavy atom. The van der Waals surface area contributed by atoms with Crippen LogP contribution in [0.1, 0.15) is 45.0 Å². The lowest BCUT2D eigenvalue weighted by Crippen LogP contribution is -2.11. The highest BCUT2D eigenvalue weighted by molar-refractivity contribution is 5.48. The van der Waals surface area contributed by atoms with Gasteiger partial charge in [0.05, 0.1) is 0 Å². The fraction of sp³-hybridized carbons (Fsp3) is 0.545. The van der Waals surface area contributed by atoms with E-state index >= 15 is 0 Å². The third-order valence-electron chi connectivity index (χ3n) is 2.17. The molecule has 1 aliphatic carbocycles. The lowest BCUT2D eigenvalue weighted by Gasteiger charge is -2.18. The van der Waals surface area contributed by atoms with Crippen LogP contribution in [0.25, 0.3) is 0 Å². The molecule has 0 radical (unpaired) electrons. The maximum atomic E-state index is 4.25. The SMILES string of the molecule is C.CC(C)(C)c1ccnc2c1C2. The molecule has 1 heterocycles. The molecule has 12 heavy (non-hydrogen) atoms. The van der Waals surface area contributed by atoms with Crippen LogP contribution in [0.3, 0.4) is 0 Å². The lowest BCUT2D eigenvalue weighted by atomic mass is 9.87. The number of nitrogens with zero attached hydrogens (tertiary/aromatic N) is 1. The van der Waals surface area contributed by atoms with Crippen molar-refractivity contribution in [3.05, 3.63) is 29.1 Å². The van der Waals surface area contributed by atoms with Gasteiger partial charge in [-0.2, -0.15) is 0 Å². The number of fused-ring (bicyclic) bond motifs is 1. The number of pyridine rings is 1. The molecule has 1 aromatic heterocycles. The minimum atomic E-state index is 0. The molecule has 0 unspecified atom stereocenters. The van der Waals surface area contributed by atoms with Crippen molar-refractivity contribution in [2.45, 2.75) is 40.0 Å². The van der Waals surface area contributed by atoms with E-state index in [0.717, 1.165) is 6.42 Å². The summed E-state index contributed by atoms with van der Waals surface area (Å²) in [5, 5.41) is 0. The molecule has 0 fully saturated rings. The predicted molar refractivity (Wildman–Crippen MR) is 52.5 cm³/mol. The van der Waals surface area contributed by atoms with Crippen LogP contribution in [0, 0.1) is 0 Å². The van der Waals surface area contributed by atoms with Gasteiger partial charge in [0.2, 0.25) is 0 Å². The quantitative estimate of drug-likeness (QED) is 0.582. The Balaban J connectivity index is 0.000000720. The van der Waals surface area contributed by atoms with Crippen molar-refractivity contribution in [3.63, 3.8) is 0 Å². The second-order valence-electron chi connectivity index (χ2n) is 4.21. The molecule has 1 aliphatic rings. The van der Waals surface area contributed by atoms with Gasteiger partial charge in [-0.1, -0.05) is 28.2 Å². The van der Waals surface area contributed by atoms with Gasteiger partial charge in [-0.05, 0) is 22.6 Å². The zero-order valence-electron chi connectivity index (χ0n) is 7.31. The fourth-order valence-corrected chi connectivity index (χ4v) is 1.50. The van der Waals surface area contributed by atoms with Gasteiger partial charge < -0.3 is 0 Å². The summed E-state index contributed by atoms with van der Waals surface area (Å²) in [6, 6.07) is 2.14. The first-order valence-electron chi connectivity index (χ1n) is 4.06. The molecule has 1 aromatic rings. The van der Waals surface area contributed by atoms with E-state index in [-0.39, 0.29) is 7.43 Å². The van der Waals surface area contributed by atoms with Crippen molar-refractivity contribution in [1.29, 1.82) is 0 Å². The molecular weight excluding hydrogens is 146 g/mol. The summed E-state index contributed by atoms with van der Waals surface area (Å²) in [7, 11) is 0. The van der Waals surface area contributed by atoms with Crippen LogP contribution in [0.2, 0.25) is 0 Å². The Kier molecular flexibility index (Phi) is 1.99.